The summed E-state index contributed by atoms with van der Waals surface area (Å²) >= 11 is 1.55. The molecular formula is C21H23N9S. The van der Waals surface area contributed by atoms with E-state index in [1.165, 1.54) is 25.7 Å². The first-order chi connectivity index (χ1) is 15.2. The topological polar surface area (TPSA) is 101 Å². The van der Waals surface area contributed by atoms with Crippen LogP contribution in [-0.2, 0) is 0 Å². The van der Waals surface area contributed by atoms with E-state index >= 15 is 0 Å². The minimum atomic E-state index is 0.159. The van der Waals surface area contributed by atoms with Crippen molar-refractivity contribution in [2.24, 2.45) is 0 Å². The molecule has 0 saturated heterocycles. The number of H-pyrrole nitrogens is 1. The Balaban J connectivity index is 1.49. The number of rotatable bonds is 4. The highest BCUT2D eigenvalue weighted by atomic mass is 32.1. The van der Waals surface area contributed by atoms with Gasteiger partial charge in [0.25, 0.3) is 0 Å². The Bertz CT molecular complexity index is 1220. The zero-order valence-electron chi connectivity index (χ0n) is 17.5. The summed E-state index contributed by atoms with van der Waals surface area (Å²) in [5, 5.41) is 11.7. The van der Waals surface area contributed by atoms with Gasteiger partial charge in [-0.05, 0) is 26.2 Å². The lowest BCUT2D eigenvalue weighted by atomic mass is 10.0. The van der Waals surface area contributed by atoms with E-state index < -0.39 is 0 Å². The molecule has 0 amide bonds. The van der Waals surface area contributed by atoms with Crippen LogP contribution in [0.1, 0.15) is 56.7 Å². The summed E-state index contributed by atoms with van der Waals surface area (Å²) in [4.78, 5) is 24.4. The van der Waals surface area contributed by atoms with Crippen LogP contribution < -0.4 is 4.90 Å². The standard InChI is InChI=1S/C21H23N9S/c1-3-15-20-28-27-12(2)29(20)16-11-24-17(26-19(16)30(15)13-6-4-5-7-13)14-10-23-18(25-14)21-22-8-9-31-21/h8-11,13,15H,3-7H2,1-2H3,(H,23,25)/t15-/m1/s1. The lowest BCUT2D eigenvalue weighted by Gasteiger charge is -2.41. The smallest absolute Gasteiger partial charge is 0.179 e. The first kappa shape index (κ1) is 18.6. The maximum atomic E-state index is 5.07. The molecule has 1 aliphatic carbocycles. The SMILES string of the molecule is CC[C@@H]1c2nnc(C)n2-c2cnc(-c3cnc(-c4nccs4)[nH]3)nc2N1C1CCCC1. The van der Waals surface area contributed by atoms with Gasteiger partial charge in [0.1, 0.15) is 17.2 Å². The molecule has 31 heavy (non-hydrogen) atoms. The summed E-state index contributed by atoms with van der Waals surface area (Å²) in [6.07, 6.45) is 11.3. The van der Waals surface area contributed by atoms with E-state index in [4.69, 9.17) is 4.98 Å². The van der Waals surface area contributed by atoms with Gasteiger partial charge in [-0.25, -0.2) is 19.9 Å². The molecule has 0 aromatic carbocycles. The van der Waals surface area contributed by atoms with Crippen LogP contribution in [0.4, 0.5) is 5.82 Å². The molecule has 158 valence electrons. The fourth-order valence-electron chi connectivity index (χ4n) is 4.88. The third kappa shape index (κ3) is 2.88. The lowest BCUT2D eigenvalue weighted by Crippen LogP contribution is -2.42. The molecule has 6 rings (SSSR count). The quantitative estimate of drug-likeness (QED) is 0.517. The van der Waals surface area contributed by atoms with Crippen LogP contribution in [0, 0.1) is 6.92 Å². The molecule has 5 heterocycles. The largest absolute Gasteiger partial charge is 0.341 e. The molecular weight excluding hydrogens is 410 g/mol. The molecule has 0 bridgehead atoms. The van der Waals surface area contributed by atoms with E-state index in [0.29, 0.717) is 11.9 Å². The minimum Gasteiger partial charge on any atom is -0.341 e. The monoisotopic (exact) mass is 433 g/mol. The molecule has 0 spiro atoms. The molecule has 0 unspecified atom stereocenters. The summed E-state index contributed by atoms with van der Waals surface area (Å²) in [6, 6.07) is 0.622. The van der Waals surface area contributed by atoms with Crippen molar-refractivity contribution in [2.75, 3.05) is 4.90 Å². The molecule has 1 aliphatic heterocycles. The highest BCUT2D eigenvalue weighted by Gasteiger charge is 2.39. The number of thiazole rings is 1. The molecule has 1 atom stereocenters. The van der Waals surface area contributed by atoms with Crippen molar-refractivity contribution in [3.8, 4) is 28.0 Å². The van der Waals surface area contributed by atoms with E-state index in [0.717, 1.165) is 46.1 Å². The van der Waals surface area contributed by atoms with Gasteiger partial charge in [-0.15, -0.1) is 21.5 Å². The number of imidazole rings is 1. The second-order valence-corrected chi connectivity index (χ2v) is 8.99. The van der Waals surface area contributed by atoms with Gasteiger partial charge in [0.05, 0.1) is 18.4 Å². The predicted molar refractivity (Wildman–Crippen MR) is 118 cm³/mol. The number of nitrogens with one attached hydrogen (secondary N) is 1. The minimum absolute atomic E-state index is 0.159. The van der Waals surface area contributed by atoms with Crippen LogP contribution in [0.25, 0.3) is 28.0 Å². The molecule has 9 nitrogen and oxygen atoms in total. The van der Waals surface area contributed by atoms with E-state index in [-0.39, 0.29) is 6.04 Å². The molecule has 10 heteroatoms. The number of aryl methyl sites for hydroxylation is 1. The first-order valence-electron chi connectivity index (χ1n) is 10.8. The fraction of sp³-hybridized carbons (Fsp3) is 0.429. The zero-order chi connectivity index (χ0) is 20.9. The Hall–Kier alpha value is -3.14. The lowest BCUT2D eigenvalue weighted by molar-refractivity contribution is 0.468. The average molecular weight is 434 g/mol. The van der Waals surface area contributed by atoms with Gasteiger partial charge < -0.3 is 9.88 Å². The maximum absolute atomic E-state index is 5.07. The summed E-state index contributed by atoms with van der Waals surface area (Å²) in [5.74, 6) is 4.20. The number of hydrogen-bond acceptors (Lipinski definition) is 8. The van der Waals surface area contributed by atoms with Crippen LogP contribution in [-0.4, -0.2) is 45.7 Å². The number of anilines is 1. The van der Waals surface area contributed by atoms with E-state index in [1.54, 1.807) is 23.7 Å². The molecule has 1 saturated carbocycles. The van der Waals surface area contributed by atoms with Crippen LogP contribution in [0.3, 0.4) is 0 Å². The first-order valence-corrected chi connectivity index (χ1v) is 11.7. The molecule has 4 aromatic heterocycles. The van der Waals surface area contributed by atoms with Crippen molar-refractivity contribution in [1.29, 1.82) is 0 Å². The Labute approximate surface area is 183 Å². The highest BCUT2D eigenvalue weighted by Crippen LogP contribution is 2.43. The molecule has 1 N–H and O–H groups in total. The van der Waals surface area contributed by atoms with Gasteiger partial charge in [0.2, 0.25) is 0 Å². The van der Waals surface area contributed by atoms with Gasteiger partial charge in [0.15, 0.2) is 28.3 Å². The van der Waals surface area contributed by atoms with Gasteiger partial charge >= 0.3 is 0 Å². The van der Waals surface area contributed by atoms with Gasteiger partial charge in [0, 0.05) is 17.6 Å². The van der Waals surface area contributed by atoms with Crippen molar-refractivity contribution < 1.29 is 0 Å². The second-order valence-electron chi connectivity index (χ2n) is 8.10. The van der Waals surface area contributed by atoms with Crippen LogP contribution in [0.2, 0.25) is 0 Å². The second kappa shape index (κ2) is 7.23. The third-order valence-corrected chi connectivity index (χ3v) is 7.06. The van der Waals surface area contributed by atoms with E-state index in [1.807, 2.05) is 18.5 Å². The molecule has 2 aliphatic rings. The number of aromatic nitrogens is 8. The van der Waals surface area contributed by atoms with Crippen LogP contribution >= 0.6 is 11.3 Å². The zero-order valence-corrected chi connectivity index (χ0v) is 18.3. The molecule has 4 aromatic rings. The summed E-state index contributed by atoms with van der Waals surface area (Å²) in [7, 11) is 0. The third-order valence-electron chi connectivity index (χ3n) is 6.28. The number of aromatic amines is 1. The molecule has 0 radical (unpaired) electrons. The Morgan fingerprint density at radius 1 is 1.13 bits per heavy atom. The number of fused-ring (bicyclic) bond motifs is 3. The van der Waals surface area contributed by atoms with Crippen molar-refractivity contribution in [3.05, 3.63) is 35.6 Å². The van der Waals surface area contributed by atoms with Crippen LogP contribution in [0.5, 0.6) is 0 Å². The Morgan fingerprint density at radius 2 is 2.00 bits per heavy atom. The number of hydrogen-bond donors (Lipinski definition) is 1. The van der Waals surface area contributed by atoms with Gasteiger partial charge in [-0.1, -0.05) is 19.8 Å². The Morgan fingerprint density at radius 3 is 2.77 bits per heavy atom. The fourth-order valence-corrected chi connectivity index (χ4v) is 5.47. The summed E-state index contributed by atoms with van der Waals surface area (Å²) < 4.78 is 2.12. The van der Waals surface area contributed by atoms with E-state index in [9.17, 15) is 0 Å². The van der Waals surface area contributed by atoms with Crippen LogP contribution in [0.15, 0.2) is 24.0 Å². The Kier molecular flexibility index (Phi) is 4.34. The average Bonchev–Trinajstić information content (AvgIpc) is 3.59. The molecule has 1 fully saturated rings. The number of nitrogens with zero attached hydrogens (tertiary/aromatic N) is 8. The van der Waals surface area contributed by atoms with Crippen molar-refractivity contribution in [2.45, 2.75) is 58.0 Å². The summed E-state index contributed by atoms with van der Waals surface area (Å²) in [5.41, 5.74) is 1.75. The van der Waals surface area contributed by atoms with E-state index in [2.05, 4.69) is 46.5 Å². The summed E-state index contributed by atoms with van der Waals surface area (Å²) in [6.45, 7) is 4.20. The predicted octanol–water partition coefficient (Wildman–Crippen LogP) is 4.09. The highest BCUT2D eigenvalue weighted by molar-refractivity contribution is 7.13. The van der Waals surface area contributed by atoms with Gasteiger partial charge in [-0.2, -0.15) is 0 Å². The van der Waals surface area contributed by atoms with Gasteiger partial charge in [-0.3, -0.25) is 4.57 Å². The van der Waals surface area contributed by atoms with Crippen molar-refractivity contribution >= 4 is 17.2 Å². The van der Waals surface area contributed by atoms with Crippen molar-refractivity contribution in [3.63, 3.8) is 0 Å². The maximum Gasteiger partial charge on any atom is 0.179 e. The van der Waals surface area contributed by atoms with Crippen molar-refractivity contribution in [1.82, 2.24) is 39.7 Å². The normalized spacial score (nSPS) is 18.4.